The molecule has 0 bridgehead atoms. The monoisotopic (exact) mass is 218 g/mol. The van der Waals surface area contributed by atoms with E-state index in [-0.39, 0.29) is 11.6 Å². The summed E-state index contributed by atoms with van der Waals surface area (Å²) in [4.78, 5) is 3.74. The van der Waals surface area contributed by atoms with Crippen molar-refractivity contribution in [1.82, 2.24) is 10.3 Å². The number of nitrogens with one attached hydrogen (secondary N) is 1. The van der Waals surface area contributed by atoms with Crippen LogP contribution in [0.5, 0.6) is 0 Å². The molecule has 0 saturated carbocycles. The van der Waals surface area contributed by atoms with E-state index in [9.17, 15) is 13.2 Å². The van der Waals surface area contributed by atoms with Crippen molar-refractivity contribution in [2.75, 3.05) is 7.05 Å². The molecule has 1 aromatic heterocycles. The van der Waals surface area contributed by atoms with Gasteiger partial charge in [-0.2, -0.15) is 13.2 Å². The molecule has 2 nitrogen and oxygen atoms in total. The van der Waals surface area contributed by atoms with Crippen LogP contribution in [0.1, 0.15) is 30.5 Å². The van der Waals surface area contributed by atoms with Crippen molar-refractivity contribution >= 4 is 0 Å². The molecule has 0 amide bonds. The fourth-order valence-corrected chi connectivity index (χ4v) is 1.52. The molecule has 1 aromatic rings. The molecule has 0 aromatic carbocycles. The molecule has 0 aliphatic heterocycles. The number of halogens is 3. The van der Waals surface area contributed by atoms with Gasteiger partial charge in [-0.1, -0.05) is 6.92 Å². The number of hydrogen-bond acceptors (Lipinski definition) is 2. The molecule has 0 spiro atoms. The fourth-order valence-electron chi connectivity index (χ4n) is 1.52. The van der Waals surface area contributed by atoms with Gasteiger partial charge < -0.3 is 5.32 Å². The Labute approximate surface area is 86.5 Å². The van der Waals surface area contributed by atoms with Crippen LogP contribution < -0.4 is 5.32 Å². The van der Waals surface area contributed by atoms with Gasteiger partial charge in [-0.25, -0.2) is 0 Å². The smallest absolute Gasteiger partial charge is 0.313 e. The maximum atomic E-state index is 12.6. The predicted octanol–water partition coefficient (Wildman–Crippen LogP) is 2.77. The summed E-state index contributed by atoms with van der Waals surface area (Å²) in [5, 5.41) is 2.84. The molecule has 1 unspecified atom stereocenters. The molecule has 1 N–H and O–H groups in total. The van der Waals surface area contributed by atoms with Crippen LogP contribution in [0.4, 0.5) is 13.2 Å². The van der Waals surface area contributed by atoms with Crippen LogP contribution in [-0.2, 0) is 6.18 Å². The van der Waals surface area contributed by atoms with E-state index in [1.807, 2.05) is 6.92 Å². The van der Waals surface area contributed by atoms with E-state index in [0.29, 0.717) is 6.42 Å². The van der Waals surface area contributed by atoms with Crippen molar-refractivity contribution in [3.63, 3.8) is 0 Å². The SMILES string of the molecule is CCC(NC)c1cnccc1C(F)(F)F. The van der Waals surface area contributed by atoms with Crippen LogP contribution in [0.25, 0.3) is 0 Å². The second-order valence-electron chi connectivity index (χ2n) is 3.21. The lowest BCUT2D eigenvalue weighted by atomic mass is 10.0. The average Bonchev–Trinajstić information content (AvgIpc) is 2.19. The summed E-state index contributed by atoms with van der Waals surface area (Å²) in [6.45, 7) is 1.83. The van der Waals surface area contributed by atoms with Crippen molar-refractivity contribution in [2.24, 2.45) is 0 Å². The number of rotatable bonds is 3. The Kier molecular flexibility index (Phi) is 3.68. The van der Waals surface area contributed by atoms with Crippen LogP contribution in [-0.4, -0.2) is 12.0 Å². The summed E-state index contributed by atoms with van der Waals surface area (Å²) >= 11 is 0. The molecule has 15 heavy (non-hydrogen) atoms. The first kappa shape index (κ1) is 12.0. The standard InChI is InChI=1S/C10H13F3N2/c1-3-9(14-2)7-6-15-5-4-8(7)10(11,12)13/h4-6,9,14H,3H2,1-2H3. The van der Waals surface area contributed by atoms with Gasteiger partial charge in [-0.15, -0.1) is 0 Å². The molecule has 1 heterocycles. The highest BCUT2D eigenvalue weighted by Crippen LogP contribution is 2.34. The quantitative estimate of drug-likeness (QED) is 0.843. The summed E-state index contributed by atoms with van der Waals surface area (Å²) in [6.07, 6.45) is -1.30. The van der Waals surface area contributed by atoms with Gasteiger partial charge in [0.25, 0.3) is 0 Å². The number of hydrogen-bond donors (Lipinski definition) is 1. The molecule has 84 valence electrons. The molecular formula is C10H13F3N2. The Hall–Kier alpha value is -1.10. The lowest BCUT2D eigenvalue weighted by Crippen LogP contribution is -2.20. The zero-order chi connectivity index (χ0) is 11.5. The molecule has 0 aliphatic rings. The van der Waals surface area contributed by atoms with E-state index >= 15 is 0 Å². The third-order valence-electron chi connectivity index (χ3n) is 2.29. The zero-order valence-electron chi connectivity index (χ0n) is 8.60. The van der Waals surface area contributed by atoms with Crippen molar-refractivity contribution in [1.29, 1.82) is 0 Å². The Morgan fingerprint density at radius 3 is 2.60 bits per heavy atom. The van der Waals surface area contributed by atoms with Crippen LogP contribution in [0.2, 0.25) is 0 Å². The highest BCUT2D eigenvalue weighted by Gasteiger charge is 2.34. The third-order valence-corrected chi connectivity index (χ3v) is 2.29. The third kappa shape index (κ3) is 2.68. The summed E-state index contributed by atoms with van der Waals surface area (Å²) in [5.41, 5.74) is -0.409. The van der Waals surface area contributed by atoms with Gasteiger partial charge >= 0.3 is 6.18 Å². The van der Waals surface area contributed by atoms with Crippen molar-refractivity contribution in [3.8, 4) is 0 Å². The predicted molar refractivity (Wildman–Crippen MR) is 51.3 cm³/mol. The molecule has 1 atom stereocenters. The Balaban J connectivity index is 3.17. The highest BCUT2D eigenvalue weighted by atomic mass is 19.4. The van der Waals surface area contributed by atoms with Gasteiger partial charge in [0.2, 0.25) is 0 Å². The van der Waals surface area contributed by atoms with E-state index in [2.05, 4.69) is 10.3 Å². The molecular weight excluding hydrogens is 205 g/mol. The number of alkyl halides is 3. The summed E-state index contributed by atoms with van der Waals surface area (Å²) in [6, 6.07) is 0.699. The minimum atomic E-state index is -4.32. The summed E-state index contributed by atoms with van der Waals surface area (Å²) in [7, 11) is 1.64. The fraction of sp³-hybridized carbons (Fsp3) is 0.500. The second-order valence-corrected chi connectivity index (χ2v) is 3.21. The van der Waals surface area contributed by atoms with Crippen LogP contribution >= 0.6 is 0 Å². The molecule has 0 aliphatic carbocycles. The first-order chi connectivity index (χ1) is 7.00. The van der Waals surface area contributed by atoms with Gasteiger partial charge in [0.05, 0.1) is 5.56 Å². The summed E-state index contributed by atoms with van der Waals surface area (Å²) < 4.78 is 37.9. The Morgan fingerprint density at radius 2 is 2.13 bits per heavy atom. The molecule has 0 saturated heterocycles. The van der Waals surface area contributed by atoms with E-state index in [1.165, 1.54) is 6.20 Å². The van der Waals surface area contributed by atoms with E-state index in [4.69, 9.17) is 0 Å². The van der Waals surface area contributed by atoms with Gasteiger partial charge in [-0.3, -0.25) is 4.98 Å². The maximum Gasteiger partial charge on any atom is 0.416 e. The molecule has 0 fully saturated rings. The zero-order valence-corrected chi connectivity index (χ0v) is 8.60. The normalized spacial score (nSPS) is 13.9. The van der Waals surface area contributed by atoms with E-state index < -0.39 is 11.7 Å². The average molecular weight is 218 g/mol. The van der Waals surface area contributed by atoms with Crippen molar-refractivity contribution in [2.45, 2.75) is 25.6 Å². The van der Waals surface area contributed by atoms with Crippen LogP contribution in [0, 0.1) is 0 Å². The van der Waals surface area contributed by atoms with Crippen molar-refractivity contribution in [3.05, 3.63) is 29.6 Å². The van der Waals surface area contributed by atoms with Crippen molar-refractivity contribution < 1.29 is 13.2 Å². The number of aromatic nitrogens is 1. The Morgan fingerprint density at radius 1 is 1.47 bits per heavy atom. The summed E-state index contributed by atoms with van der Waals surface area (Å²) in [5.74, 6) is 0. The lowest BCUT2D eigenvalue weighted by Gasteiger charge is -2.19. The van der Waals surface area contributed by atoms with Gasteiger partial charge in [0, 0.05) is 18.4 Å². The lowest BCUT2D eigenvalue weighted by molar-refractivity contribution is -0.138. The van der Waals surface area contributed by atoms with Gasteiger partial charge in [0.1, 0.15) is 0 Å². The molecule has 5 heteroatoms. The first-order valence-corrected chi connectivity index (χ1v) is 4.69. The first-order valence-electron chi connectivity index (χ1n) is 4.69. The van der Waals surface area contributed by atoms with Gasteiger partial charge in [0.15, 0.2) is 0 Å². The van der Waals surface area contributed by atoms with E-state index in [0.717, 1.165) is 12.3 Å². The minimum absolute atomic E-state index is 0.204. The largest absolute Gasteiger partial charge is 0.416 e. The topological polar surface area (TPSA) is 24.9 Å². The molecule has 1 rings (SSSR count). The van der Waals surface area contributed by atoms with Crippen LogP contribution in [0.15, 0.2) is 18.5 Å². The number of pyridine rings is 1. The highest BCUT2D eigenvalue weighted by molar-refractivity contribution is 5.29. The van der Waals surface area contributed by atoms with Crippen LogP contribution in [0.3, 0.4) is 0 Å². The molecule has 0 radical (unpaired) electrons. The maximum absolute atomic E-state index is 12.6. The second kappa shape index (κ2) is 4.61. The van der Waals surface area contributed by atoms with E-state index in [1.54, 1.807) is 7.05 Å². The minimum Gasteiger partial charge on any atom is -0.313 e. The van der Waals surface area contributed by atoms with Gasteiger partial charge in [-0.05, 0) is 25.1 Å². The number of nitrogens with zero attached hydrogens (tertiary/aromatic N) is 1. The Bertz CT molecular complexity index is 319.